The Labute approximate surface area is 102 Å². The van der Waals surface area contributed by atoms with Gasteiger partial charge < -0.3 is 5.32 Å². The predicted octanol–water partition coefficient (Wildman–Crippen LogP) is 2.29. The van der Waals surface area contributed by atoms with Crippen molar-refractivity contribution in [3.8, 4) is 0 Å². The molecule has 1 heterocycles. The molecule has 1 N–H and O–H groups in total. The Kier molecular flexibility index (Phi) is 3.62. The van der Waals surface area contributed by atoms with Gasteiger partial charge in [0.15, 0.2) is 0 Å². The van der Waals surface area contributed by atoms with Crippen molar-refractivity contribution in [2.75, 3.05) is 0 Å². The lowest BCUT2D eigenvalue weighted by Crippen LogP contribution is -2.24. The van der Waals surface area contributed by atoms with Gasteiger partial charge in [-0.2, -0.15) is 0 Å². The lowest BCUT2D eigenvalue weighted by molar-refractivity contribution is 0.0946. The molecule has 18 heavy (non-hydrogen) atoms. The fourth-order valence-electron chi connectivity index (χ4n) is 1.45. The van der Waals surface area contributed by atoms with Crippen LogP contribution in [0.1, 0.15) is 15.9 Å². The van der Waals surface area contributed by atoms with Crippen molar-refractivity contribution in [2.24, 2.45) is 0 Å². The minimum Gasteiger partial charge on any atom is -0.348 e. The SMILES string of the molecule is O=C(NCc1ccncc1)c1cc(F)ccc1F. The minimum absolute atomic E-state index is 0.233. The van der Waals surface area contributed by atoms with Crippen LogP contribution in [0.3, 0.4) is 0 Å². The van der Waals surface area contributed by atoms with E-state index in [0.29, 0.717) is 0 Å². The second kappa shape index (κ2) is 5.35. The first-order valence-electron chi connectivity index (χ1n) is 5.29. The number of carbonyl (C=O) groups excluding carboxylic acids is 1. The van der Waals surface area contributed by atoms with Gasteiger partial charge in [-0.05, 0) is 35.9 Å². The summed E-state index contributed by atoms with van der Waals surface area (Å²) in [5.74, 6) is -2.04. The topological polar surface area (TPSA) is 42.0 Å². The van der Waals surface area contributed by atoms with Gasteiger partial charge in [-0.15, -0.1) is 0 Å². The molecule has 0 spiro atoms. The number of aromatic nitrogens is 1. The highest BCUT2D eigenvalue weighted by molar-refractivity contribution is 5.94. The van der Waals surface area contributed by atoms with Crippen molar-refractivity contribution >= 4 is 5.91 Å². The smallest absolute Gasteiger partial charge is 0.254 e. The van der Waals surface area contributed by atoms with Gasteiger partial charge in [0.05, 0.1) is 5.56 Å². The second-order valence-corrected chi connectivity index (χ2v) is 3.66. The molecule has 0 fully saturated rings. The molecule has 0 aliphatic heterocycles. The quantitative estimate of drug-likeness (QED) is 0.905. The molecule has 0 radical (unpaired) electrons. The van der Waals surface area contributed by atoms with Gasteiger partial charge in [0.1, 0.15) is 11.6 Å². The van der Waals surface area contributed by atoms with Crippen LogP contribution in [0, 0.1) is 11.6 Å². The Bertz CT molecular complexity index is 558. The summed E-state index contributed by atoms with van der Waals surface area (Å²) in [6, 6.07) is 6.22. The summed E-state index contributed by atoms with van der Waals surface area (Å²) in [6.07, 6.45) is 3.18. The zero-order chi connectivity index (χ0) is 13.0. The Balaban J connectivity index is 2.06. The number of benzene rings is 1. The number of halogens is 2. The van der Waals surface area contributed by atoms with Gasteiger partial charge in [-0.25, -0.2) is 8.78 Å². The van der Waals surface area contributed by atoms with E-state index >= 15 is 0 Å². The molecule has 0 aliphatic rings. The average Bonchev–Trinajstić information content (AvgIpc) is 2.40. The molecule has 0 bridgehead atoms. The molecule has 0 unspecified atom stereocenters. The van der Waals surface area contributed by atoms with E-state index in [2.05, 4.69) is 10.3 Å². The summed E-state index contributed by atoms with van der Waals surface area (Å²) in [5.41, 5.74) is 0.527. The Morgan fingerprint density at radius 2 is 1.89 bits per heavy atom. The standard InChI is InChI=1S/C13H10F2N2O/c14-10-1-2-12(15)11(7-10)13(18)17-8-9-3-5-16-6-4-9/h1-7H,8H2,(H,17,18). The van der Waals surface area contributed by atoms with E-state index in [1.807, 2.05) is 0 Å². The van der Waals surface area contributed by atoms with Gasteiger partial charge in [-0.1, -0.05) is 0 Å². The van der Waals surface area contributed by atoms with Gasteiger partial charge in [0.25, 0.3) is 5.91 Å². The van der Waals surface area contributed by atoms with Gasteiger partial charge in [-0.3, -0.25) is 9.78 Å². The molecule has 1 amide bonds. The molecular formula is C13H10F2N2O. The summed E-state index contributed by atoms with van der Waals surface area (Å²) >= 11 is 0. The van der Waals surface area contributed by atoms with Crippen LogP contribution >= 0.6 is 0 Å². The van der Waals surface area contributed by atoms with E-state index in [0.717, 1.165) is 23.8 Å². The number of nitrogens with one attached hydrogen (secondary N) is 1. The van der Waals surface area contributed by atoms with Crippen molar-refractivity contribution < 1.29 is 13.6 Å². The summed E-state index contributed by atoms with van der Waals surface area (Å²) in [4.78, 5) is 15.5. The molecule has 2 rings (SSSR count). The van der Waals surface area contributed by atoms with Crippen LogP contribution in [0.2, 0.25) is 0 Å². The molecule has 92 valence electrons. The second-order valence-electron chi connectivity index (χ2n) is 3.66. The van der Waals surface area contributed by atoms with Crippen molar-refractivity contribution in [1.82, 2.24) is 10.3 Å². The van der Waals surface area contributed by atoms with Crippen molar-refractivity contribution in [3.05, 3.63) is 65.5 Å². The highest BCUT2D eigenvalue weighted by Gasteiger charge is 2.12. The van der Waals surface area contributed by atoms with E-state index in [1.54, 1.807) is 24.5 Å². The summed E-state index contributed by atoms with van der Waals surface area (Å²) in [7, 11) is 0. The first kappa shape index (κ1) is 12.2. The summed E-state index contributed by atoms with van der Waals surface area (Å²) < 4.78 is 26.2. The number of hydrogen-bond donors (Lipinski definition) is 1. The highest BCUT2D eigenvalue weighted by atomic mass is 19.1. The molecule has 0 atom stereocenters. The van der Waals surface area contributed by atoms with Crippen LogP contribution < -0.4 is 5.32 Å². The molecule has 1 aromatic heterocycles. The third-order valence-electron chi connectivity index (χ3n) is 2.38. The van der Waals surface area contributed by atoms with Crippen LogP contribution in [0.5, 0.6) is 0 Å². The number of hydrogen-bond acceptors (Lipinski definition) is 2. The van der Waals surface area contributed by atoms with E-state index < -0.39 is 17.5 Å². The molecular weight excluding hydrogens is 238 g/mol. The van der Waals surface area contributed by atoms with E-state index in [9.17, 15) is 13.6 Å². The fourth-order valence-corrected chi connectivity index (χ4v) is 1.45. The average molecular weight is 248 g/mol. The molecule has 5 heteroatoms. The Morgan fingerprint density at radius 1 is 1.17 bits per heavy atom. The number of pyridine rings is 1. The van der Waals surface area contributed by atoms with Crippen molar-refractivity contribution in [3.63, 3.8) is 0 Å². The van der Waals surface area contributed by atoms with Crippen molar-refractivity contribution in [2.45, 2.75) is 6.54 Å². The third-order valence-corrected chi connectivity index (χ3v) is 2.38. The minimum atomic E-state index is -0.747. The van der Waals surface area contributed by atoms with Gasteiger partial charge >= 0.3 is 0 Å². The van der Waals surface area contributed by atoms with Gasteiger partial charge in [0.2, 0.25) is 0 Å². The molecule has 0 saturated heterocycles. The maximum Gasteiger partial charge on any atom is 0.254 e. The lowest BCUT2D eigenvalue weighted by atomic mass is 10.2. The van der Waals surface area contributed by atoms with Crippen LogP contribution in [0.25, 0.3) is 0 Å². The first-order valence-corrected chi connectivity index (χ1v) is 5.29. The summed E-state index contributed by atoms with van der Waals surface area (Å²) in [6.45, 7) is 0.233. The number of nitrogens with zero attached hydrogens (tertiary/aromatic N) is 1. The van der Waals surface area contributed by atoms with E-state index in [-0.39, 0.29) is 12.1 Å². The maximum absolute atomic E-state index is 13.3. The number of rotatable bonds is 3. The molecule has 0 saturated carbocycles. The largest absolute Gasteiger partial charge is 0.348 e. The monoisotopic (exact) mass is 248 g/mol. The molecule has 0 aliphatic carbocycles. The predicted molar refractivity (Wildman–Crippen MR) is 61.8 cm³/mol. The summed E-state index contributed by atoms with van der Waals surface area (Å²) in [5, 5.41) is 2.51. The van der Waals surface area contributed by atoms with Gasteiger partial charge in [0, 0.05) is 18.9 Å². The van der Waals surface area contributed by atoms with Crippen molar-refractivity contribution in [1.29, 1.82) is 0 Å². The van der Waals surface area contributed by atoms with Crippen LogP contribution in [0.4, 0.5) is 8.78 Å². The van der Waals surface area contributed by atoms with E-state index in [4.69, 9.17) is 0 Å². The highest BCUT2D eigenvalue weighted by Crippen LogP contribution is 2.09. The van der Waals surface area contributed by atoms with E-state index in [1.165, 1.54) is 0 Å². The Hall–Kier alpha value is -2.30. The number of amides is 1. The van der Waals surface area contributed by atoms with Crippen LogP contribution in [-0.2, 0) is 6.54 Å². The molecule has 3 nitrogen and oxygen atoms in total. The fraction of sp³-hybridized carbons (Fsp3) is 0.0769. The Morgan fingerprint density at radius 3 is 2.61 bits per heavy atom. The molecule has 2 aromatic rings. The zero-order valence-electron chi connectivity index (χ0n) is 9.36. The zero-order valence-corrected chi connectivity index (χ0v) is 9.36. The molecule has 1 aromatic carbocycles. The lowest BCUT2D eigenvalue weighted by Gasteiger charge is -2.06. The number of carbonyl (C=O) groups is 1. The van der Waals surface area contributed by atoms with Crippen LogP contribution in [0.15, 0.2) is 42.7 Å². The normalized spacial score (nSPS) is 10.1. The third kappa shape index (κ3) is 2.88. The first-order chi connectivity index (χ1) is 8.66. The maximum atomic E-state index is 13.3. The van der Waals surface area contributed by atoms with Crippen LogP contribution in [-0.4, -0.2) is 10.9 Å².